The van der Waals surface area contributed by atoms with Crippen LogP contribution < -0.4 is 0 Å². The van der Waals surface area contributed by atoms with E-state index in [-0.39, 0.29) is 18.5 Å². The standard InChI is InChI=1S/C14H18BrNO3/c1-2-16(9-8-13(17)10-15)14(18)19-11-12-6-4-3-5-7-12/h3-7H,2,8-11H2,1H3. The van der Waals surface area contributed by atoms with E-state index in [9.17, 15) is 9.59 Å². The number of hydrogen-bond acceptors (Lipinski definition) is 3. The van der Waals surface area contributed by atoms with Crippen molar-refractivity contribution >= 4 is 27.8 Å². The minimum Gasteiger partial charge on any atom is -0.445 e. The van der Waals surface area contributed by atoms with E-state index in [2.05, 4.69) is 15.9 Å². The van der Waals surface area contributed by atoms with Gasteiger partial charge in [0.15, 0.2) is 0 Å². The van der Waals surface area contributed by atoms with E-state index in [1.807, 2.05) is 37.3 Å². The molecule has 0 aromatic heterocycles. The van der Waals surface area contributed by atoms with Gasteiger partial charge in [-0.1, -0.05) is 46.3 Å². The largest absolute Gasteiger partial charge is 0.445 e. The van der Waals surface area contributed by atoms with Gasteiger partial charge >= 0.3 is 6.09 Å². The second-order valence-corrected chi connectivity index (χ2v) is 4.60. The highest BCUT2D eigenvalue weighted by atomic mass is 79.9. The average molecular weight is 328 g/mol. The molecule has 0 fully saturated rings. The van der Waals surface area contributed by atoms with Crippen molar-refractivity contribution in [2.24, 2.45) is 0 Å². The summed E-state index contributed by atoms with van der Waals surface area (Å²) in [6, 6.07) is 9.51. The fraction of sp³-hybridized carbons (Fsp3) is 0.429. The molecule has 0 unspecified atom stereocenters. The normalized spacial score (nSPS) is 10.0. The Balaban J connectivity index is 2.39. The number of carbonyl (C=O) groups is 2. The van der Waals surface area contributed by atoms with Gasteiger partial charge in [-0.3, -0.25) is 4.79 Å². The number of Topliss-reactive ketones (excluding diaryl/α,β-unsaturated/α-hetero) is 1. The lowest BCUT2D eigenvalue weighted by Crippen LogP contribution is -2.33. The molecular weight excluding hydrogens is 310 g/mol. The van der Waals surface area contributed by atoms with Gasteiger partial charge in [0, 0.05) is 19.5 Å². The summed E-state index contributed by atoms with van der Waals surface area (Å²) in [4.78, 5) is 24.6. The van der Waals surface area contributed by atoms with Crippen molar-refractivity contribution in [1.82, 2.24) is 4.90 Å². The minimum absolute atomic E-state index is 0.0781. The summed E-state index contributed by atoms with van der Waals surface area (Å²) in [7, 11) is 0. The van der Waals surface area contributed by atoms with Crippen molar-refractivity contribution in [2.45, 2.75) is 20.0 Å². The van der Waals surface area contributed by atoms with Crippen molar-refractivity contribution < 1.29 is 14.3 Å². The molecule has 1 amide bonds. The van der Waals surface area contributed by atoms with E-state index in [1.165, 1.54) is 4.90 Å². The zero-order valence-corrected chi connectivity index (χ0v) is 12.6. The summed E-state index contributed by atoms with van der Waals surface area (Å²) in [6.07, 6.45) is -0.0341. The highest BCUT2D eigenvalue weighted by Gasteiger charge is 2.14. The van der Waals surface area contributed by atoms with Gasteiger partial charge in [-0.25, -0.2) is 4.79 Å². The fourth-order valence-electron chi connectivity index (χ4n) is 1.52. The topological polar surface area (TPSA) is 46.6 Å². The molecule has 0 radical (unpaired) electrons. The number of ether oxygens (including phenoxy) is 1. The van der Waals surface area contributed by atoms with Crippen molar-refractivity contribution in [3.8, 4) is 0 Å². The maximum atomic E-state index is 11.8. The van der Waals surface area contributed by atoms with E-state index in [0.717, 1.165) is 5.56 Å². The lowest BCUT2D eigenvalue weighted by Gasteiger charge is -2.19. The summed E-state index contributed by atoms with van der Waals surface area (Å²) >= 11 is 3.10. The molecule has 0 aliphatic carbocycles. The Labute approximate surface area is 121 Å². The molecule has 0 heterocycles. The molecule has 19 heavy (non-hydrogen) atoms. The highest BCUT2D eigenvalue weighted by molar-refractivity contribution is 9.09. The molecule has 0 atom stereocenters. The Morgan fingerprint density at radius 1 is 1.26 bits per heavy atom. The Morgan fingerprint density at radius 2 is 1.95 bits per heavy atom. The van der Waals surface area contributed by atoms with Gasteiger partial charge in [-0.05, 0) is 12.5 Å². The first-order valence-corrected chi connectivity index (χ1v) is 7.32. The molecule has 0 aliphatic rings. The molecule has 0 saturated carbocycles. The maximum Gasteiger partial charge on any atom is 0.410 e. The molecule has 0 spiro atoms. The zero-order chi connectivity index (χ0) is 14.1. The Bertz CT molecular complexity index is 408. The van der Waals surface area contributed by atoms with E-state index < -0.39 is 0 Å². The lowest BCUT2D eigenvalue weighted by molar-refractivity contribution is -0.116. The molecular formula is C14H18BrNO3. The van der Waals surface area contributed by atoms with Gasteiger partial charge in [0.1, 0.15) is 12.4 Å². The summed E-state index contributed by atoms with van der Waals surface area (Å²) in [5.41, 5.74) is 0.948. The van der Waals surface area contributed by atoms with Crippen LogP contribution in [0.4, 0.5) is 4.79 Å². The molecule has 1 aromatic carbocycles. The third-order valence-electron chi connectivity index (χ3n) is 2.65. The Hall–Kier alpha value is -1.36. The number of carbonyl (C=O) groups excluding carboxylic acids is 2. The van der Waals surface area contributed by atoms with Crippen LogP contribution in [0.2, 0.25) is 0 Å². The van der Waals surface area contributed by atoms with Crippen LogP contribution in [0.1, 0.15) is 18.9 Å². The van der Waals surface area contributed by atoms with Crippen molar-refractivity contribution in [3.05, 3.63) is 35.9 Å². The third kappa shape index (κ3) is 5.87. The fourth-order valence-corrected chi connectivity index (χ4v) is 1.80. The first kappa shape index (κ1) is 15.7. The van der Waals surface area contributed by atoms with Crippen LogP contribution in [0.5, 0.6) is 0 Å². The van der Waals surface area contributed by atoms with E-state index >= 15 is 0 Å². The van der Waals surface area contributed by atoms with Gasteiger partial charge in [-0.2, -0.15) is 0 Å². The highest BCUT2D eigenvalue weighted by Crippen LogP contribution is 2.04. The third-order valence-corrected chi connectivity index (χ3v) is 3.28. The van der Waals surface area contributed by atoms with Crippen LogP contribution in [0.3, 0.4) is 0 Å². The van der Waals surface area contributed by atoms with Crippen molar-refractivity contribution in [2.75, 3.05) is 18.4 Å². The molecule has 0 bridgehead atoms. The molecule has 0 saturated heterocycles. The zero-order valence-electron chi connectivity index (χ0n) is 11.0. The number of hydrogen-bond donors (Lipinski definition) is 0. The van der Waals surface area contributed by atoms with Gasteiger partial charge in [0.2, 0.25) is 0 Å². The van der Waals surface area contributed by atoms with E-state index in [1.54, 1.807) is 0 Å². The SMILES string of the molecule is CCN(CCC(=O)CBr)C(=O)OCc1ccccc1. The summed E-state index contributed by atoms with van der Waals surface area (Å²) < 4.78 is 5.21. The molecule has 4 nitrogen and oxygen atoms in total. The average Bonchev–Trinajstić information content (AvgIpc) is 2.46. The van der Waals surface area contributed by atoms with Gasteiger partial charge in [-0.15, -0.1) is 0 Å². The number of alkyl halides is 1. The summed E-state index contributed by atoms with van der Waals surface area (Å²) in [5, 5.41) is 0.323. The number of halogens is 1. The molecule has 0 aliphatic heterocycles. The predicted octanol–water partition coefficient (Wildman–Crippen LogP) is 3.00. The van der Waals surface area contributed by atoms with Crippen LogP contribution >= 0.6 is 15.9 Å². The smallest absolute Gasteiger partial charge is 0.410 e. The van der Waals surface area contributed by atoms with Crippen LogP contribution in [0, 0.1) is 0 Å². The molecule has 5 heteroatoms. The van der Waals surface area contributed by atoms with E-state index in [0.29, 0.717) is 24.8 Å². The summed E-state index contributed by atoms with van der Waals surface area (Å²) in [5.74, 6) is 0.0781. The number of nitrogens with zero attached hydrogens (tertiary/aromatic N) is 1. The second-order valence-electron chi connectivity index (χ2n) is 4.04. The Kier molecular flexibility index (Phi) is 7.18. The number of benzene rings is 1. The van der Waals surface area contributed by atoms with Crippen LogP contribution in [-0.4, -0.2) is 35.2 Å². The monoisotopic (exact) mass is 327 g/mol. The van der Waals surface area contributed by atoms with Gasteiger partial charge in [0.25, 0.3) is 0 Å². The molecule has 0 N–H and O–H groups in total. The van der Waals surface area contributed by atoms with Gasteiger partial charge < -0.3 is 9.64 Å². The van der Waals surface area contributed by atoms with Crippen molar-refractivity contribution in [3.63, 3.8) is 0 Å². The molecule has 1 aromatic rings. The second kappa shape index (κ2) is 8.69. The summed E-state index contributed by atoms with van der Waals surface area (Å²) in [6.45, 7) is 3.04. The predicted molar refractivity (Wildman–Crippen MR) is 77.3 cm³/mol. The number of amides is 1. The number of ketones is 1. The molecule has 104 valence electrons. The number of rotatable bonds is 7. The van der Waals surface area contributed by atoms with E-state index in [4.69, 9.17) is 4.74 Å². The minimum atomic E-state index is -0.381. The first-order valence-electron chi connectivity index (χ1n) is 6.20. The Morgan fingerprint density at radius 3 is 2.53 bits per heavy atom. The van der Waals surface area contributed by atoms with Gasteiger partial charge in [0.05, 0.1) is 5.33 Å². The lowest BCUT2D eigenvalue weighted by atomic mass is 10.2. The maximum absolute atomic E-state index is 11.8. The van der Waals surface area contributed by atoms with Crippen molar-refractivity contribution in [1.29, 1.82) is 0 Å². The van der Waals surface area contributed by atoms with Crippen LogP contribution in [-0.2, 0) is 16.1 Å². The molecule has 1 rings (SSSR count). The van der Waals surface area contributed by atoms with Crippen LogP contribution in [0.25, 0.3) is 0 Å². The quantitative estimate of drug-likeness (QED) is 0.723. The van der Waals surface area contributed by atoms with Crippen LogP contribution in [0.15, 0.2) is 30.3 Å². The first-order chi connectivity index (χ1) is 9.17.